The summed E-state index contributed by atoms with van der Waals surface area (Å²) in [5, 5.41) is 4.55. The van der Waals surface area contributed by atoms with Gasteiger partial charge in [-0.1, -0.05) is 13.8 Å². The highest BCUT2D eigenvalue weighted by Crippen LogP contribution is 2.30. The zero-order chi connectivity index (χ0) is 26.9. The molecule has 206 valence electrons. The second kappa shape index (κ2) is 11.1. The van der Waals surface area contributed by atoms with E-state index in [0.717, 1.165) is 31.7 Å². The molecular formula is C25H35N7O5S. The fourth-order valence-corrected chi connectivity index (χ4v) is 6.50. The molecule has 5 heterocycles. The molecule has 1 unspecified atom stereocenters. The Kier molecular flexibility index (Phi) is 7.80. The van der Waals surface area contributed by atoms with Crippen LogP contribution in [0.1, 0.15) is 39.3 Å². The highest BCUT2D eigenvalue weighted by atomic mass is 32.2. The van der Waals surface area contributed by atoms with E-state index in [1.165, 1.54) is 16.6 Å². The highest BCUT2D eigenvalue weighted by molar-refractivity contribution is 7.89. The SMILES string of the molecule is CCOc1ncc(S(=O)(=O)N2CCN(CC)CC2)cc1-c1nc2c(CC)n(CC3CCCO3)nc2c(=O)[nH]1. The van der Waals surface area contributed by atoms with Crippen LogP contribution < -0.4 is 10.3 Å². The van der Waals surface area contributed by atoms with Gasteiger partial charge in [0.05, 0.1) is 36.7 Å². The van der Waals surface area contributed by atoms with E-state index in [9.17, 15) is 13.2 Å². The van der Waals surface area contributed by atoms with Gasteiger partial charge in [0, 0.05) is 32.8 Å². The van der Waals surface area contributed by atoms with Crippen LogP contribution in [0.15, 0.2) is 22.0 Å². The molecule has 1 atom stereocenters. The topological polar surface area (TPSA) is 136 Å². The minimum atomic E-state index is -3.79. The molecule has 0 radical (unpaired) electrons. The molecule has 1 N–H and O–H groups in total. The van der Waals surface area contributed by atoms with Gasteiger partial charge in [-0.2, -0.15) is 9.40 Å². The molecule has 0 saturated carbocycles. The van der Waals surface area contributed by atoms with E-state index in [-0.39, 0.29) is 28.2 Å². The molecular weight excluding hydrogens is 510 g/mol. The number of hydrogen-bond donors (Lipinski definition) is 1. The summed E-state index contributed by atoms with van der Waals surface area (Å²) in [6, 6.07) is 1.49. The van der Waals surface area contributed by atoms with Gasteiger partial charge in [0.1, 0.15) is 16.2 Å². The largest absolute Gasteiger partial charge is 0.477 e. The van der Waals surface area contributed by atoms with Gasteiger partial charge < -0.3 is 19.4 Å². The predicted octanol–water partition coefficient (Wildman–Crippen LogP) is 1.65. The van der Waals surface area contributed by atoms with Crippen LogP contribution in [0.3, 0.4) is 0 Å². The summed E-state index contributed by atoms with van der Waals surface area (Å²) in [6.07, 6.45) is 3.95. The van der Waals surface area contributed by atoms with Gasteiger partial charge in [-0.15, -0.1) is 0 Å². The van der Waals surface area contributed by atoms with Crippen molar-refractivity contribution in [1.82, 2.24) is 33.9 Å². The quantitative estimate of drug-likeness (QED) is 0.426. The second-order valence-electron chi connectivity index (χ2n) is 9.52. The third kappa shape index (κ3) is 5.07. The number of aromatic nitrogens is 5. The van der Waals surface area contributed by atoms with Gasteiger partial charge >= 0.3 is 0 Å². The van der Waals surface area contributed by atoms with Crippen LogP contribution in [-0.2, 0) is 27.7 Å². The van der Waals surface area contributed by atoms with Gasteiger partial charge in [-0.25, -0.2) is 18.4 Å². The fraction of sp³-hybridized carbons (Fsp3) is 0.600. The van der Waals surface area contributed by atoms with E-state index in [2.05, 4.69) is 26.9 Å². The Morgan fingerprint density at radius 3 is 2.61 bits per heavy atom. The second-order valence-corrected chi connectivity index (χ2v) is 11.5. The summed E-state index contributed by atoms with van der Waals surface area (Å²) in [5.74, 6) is 0.396. The third-order valence-corrected chi connectivity index (χ3v) is 9.08. The minimum Gasteiger partial charge on any atom is -0.477 e. The highest BCUT2D eigenvalue weighted by Gasteiger charge is 2.30. The predicted molar refractivity (Wildman–Crippen MR) is 142 cm³/mol. The van der Waals surface area contributed by atoms with Crippen molar-refractivity contribution in [2.24, 2.45) is 0 Å². The van der Waals surface area contributed by atoms with E-state index in [4.69, 9.17) is 14.5 Å². The maximum absolute atomic E-state index is 13.5. The molecule has 0 aliphatic carbocycles. The molecule has 0 amide bonds. The first-order valence-electron chi connectivity index (χ1n) is 13.3. The number of nitrogens with zero attached hydrogens (tertiary/aromatic N) is 6. The molecule has 3 aromatic rings. The lowest BCUT2D eigenvalue weighted by Crippen LogP contribution is -2.48. The number of fused-ring (bicyclic) bond motifs is 1. The number of nitrogens with one attached hydrogen (secondary N) is 1. The zero-order valence-electron chi connectivity index (χ0n) is 22.1. The van der Waals surface area contributed by atoms with Crippen molar-refractivity contribution in [2.45, 2.75) is 57.6 Å². The van der Waals surface area contributed by atoms with Crippen molar-refractivity contribution in [2.75, 3.05) is 45.9 Å². The van der Waals surface area contributed by atoms with Crippen molar-refractivity contribution in [1.29, 1.82) is 0 Å². The Balaban J connectivity index is 1.56. The lowest BCUT2D eigenvalue weighted by atomic mass is 10.2. The molecule has 13 heteroatoms. The van der Waals surface area contributed by atoms with Crippen LogP contribution in [-0.4, -0.2) is 94.4 Å². The summed E-state index contributed by atoms with van der Waals surface area (Å²) in [6.45, 7) is 10.5. The molecule has 38 heavy (non-hydrogen) atoms. The van der Waals surface area contributed by atoms with E-state index in [0.29, 0.717) is 56.8 Å². The first kappa shape index (κ1) is 26.7. The first-order chi connectivity index (χ1) is 18.3. The minimum absolute atomic E-state index is 0.0356. The Morgan fingerprint density at radius 2 is 1.95 bits per heavy atom. The van der Waals surface area contributed by atoms with Crippen molar-refractivity contribution in [3.8, 4) is 17.3 Å². The fourth-order valence-electron chi connectivity index (χ4n) is 5.10. The van der Waals surface area contributed by atoms with Crippen molar-refractivity contribution in [3.63, 3.8) is 0 Å². The molecule has 2 aliphatic rings. The lowest BCUT2D eigenvalue weighted by Gasteiger charge is -2.33. The number of sulfonamides is 1. The number of aryl methyl sites for hydroxylation is 1. The van der Waals surface area contributed by atoms with Crippen molar-refractivity contribution >= 4 is 21.1 Å². The first-order valence-corrected chi connectivity index (χ1v) is 14.8. The Labute approximate surface area is 222 Å². The van der Waals surface area contributed by atoms with Gasteiger partial charge in [0.25, 0.3) is 5.56 Å². The number of pyridine rings is 1. The summed E-state index contributed by atoms with van der Waals surface area (Å²) in [5.41, 5.74) is 1.46. The standard InChI is InChI=1S/C25H35N7O5S/c1-4-20-21-22(29-32(20)16-17-8-7-13-37-17)24(33)28-23(27-21)19-14-18(15-26-25(19)36-6-3)38(34,35)31-11-9-30(5-2)10-12-31/h14-15,17H,4-13,16H2,1-3H3,(H,27,28,33). The van der Waals surface area contributed by atoms with Crippen LogP contribution in [0.2, 0.25) is 0 Å². The number of piperazine rings is 1. The van der Waals surface area contributed by atoms with Gasteiger partial charge in [0.15, 0.2) is 5.52 Å². The number of aromatic amines is 1. The van der Waals surface area contributed by atoms with Gasteiger partial charge in [-0.05, 0) is 38.8 Å². The monoisotopic (exact) mass is 545 g/mol. The number of likely N-dealkylation sites (N-methyl/N-ethyl adjacent to an activating group) is 1. The van der Waals surface area contributed by atoms with Gasteiger partial charge in [-0.3, -0.25) is 9.48 Å². The Bertz CT molecular complexity index is 1450. The zero-order valence-corrected chi connectivity index (χ0v) is 23.0. The van der Waals surface area contributed by atoms with Gasteiger partial charge in [0.2, 0.25) is 15.9 Å². The smallest absolute Gasteiger partial charge is 0.279 e. The molecule has 2 fully saturated rings. The molecule has 5 rings (SSSR count). The average Bonchev–Trinajstić information content (AvgIpc) is 3.57. The van der Waals surface area contributed by atoms with Crippen LogP contribution >= 0.6 is 0 Å². The summed E-state index contributed by atoms with van der Waals surface area (Å²) >= 11 is 0. The lowest BCUT2D eigenvalue weighted by molar-refractivity contribution is 0.0934. The molecule has 12 nitrogen and oxygen atoms in total. The van der Waals surface area contributed by atoms with Crippen molar-refractivity contribution in [3.05, 3.63) is 28.3 Å². The number of H-pyrrole nitrogens is 1. The number of ether oxygens (including phenoxy) is 2. The third-order valence-electron chi connectivity index (χ3n) is 7.21. The maximum Gasteiger partial charge on any atom is 0.279 e. The number of rotatable bonds is 9. The van der Waals surface area contributed by atoms with E-state index >= 15 is 0 Å². The Hall–Kier alpha value is -2.87. The van der Waals surface area contributed by atoms with Crippen LogP contribution in [0.4, 0.5) is 0 Å². The van der Waals surface area contributed by atoms with E-state index in [1.807, 2.05) is 18.5 Å². The van der Waals surface area contributed by atoms with Crippen molar-refractivity contribution < 1.29 is 17.9 Å². The molecule has 2 saturated heterocycles. The summed E-state index contributed by atoms with van der Waals surface area (Å²) in [7, 11) is -3.79. The van der Waals surface area contributed by atoms with Crippen LogP contribution in [0.25, 0.3) is 22.4 Å². The maximum atomic E-state index is 13.5. The molecule has 0 bridgehead atoms. The molecule has 3 aromatic heterocycles. The summed E-state index contributed by atoms with van der Waals surface area (Å²) < 4.78 is 41.8. The normalized spacial score (nSPS) is 19.4. The average molecular weight is 546 g/mol. The molecule has 2 aliphatic heterocycles. The summed E-state index contributed by atoms with van der Waals surface area (Å²) in [4.78, 5) is 27.3. The van der Waals surface area contributed by atoms with E-state index in [1.54, 1.807) is 0 Å². The molecule has 0 spiro atoms. The van der Waals surface area contributed by atoms with E-state index < -0.39 is 15.6 Å². The number of hydrogen-bond acceptors (Lipinski definition) is 9. The van der Waals surface area contributed by atoms with Crippen LogP contribution in [0, 0.1) is 0 Å². The van der Waals surface area contributed by atoms with Crippen LogP contribution in [0.5, 0.6) is 5.88 Å². The molecule has 0 aromatic carbocycles. The Morgan fingerprint density at radius 1 is 1.16 bits per heavy atom.